The number of ketones is 1. The van der Waals surface area contributed by atoms with Gasteiger partial charge < -0.3 is 24.9 Å². The maximum atomic E-state index is 12.6. The largest absolute Gasteiger partial charge is 1.00 e. The summed E-state index contributed by atoms with van der Waals surface area (Å²) in [5.41, 5.74) is 0. The Bertz CT molecular complexity index is 559. The van der Waals surface area contributed by atoms with Crippen molar-refractivity contribution in [2.75, 3.05) is 0 Å². The van der Waals surface area contributed by atoms with Gasteiger partial charge in [-0.25, -0.2) is 0 Å². The van der Waals surface area contributed by atoms with E-state index in [1.165, 1.54) is 0 Å². The number of hydrogen-bond donors (Lipinski definition) is 2. The molecule has 7 heteroatoms. The van der Waals surface area contributed by atoms with Crippen LogP contribution in [-0.4, -0.2) is 40.3 Å². The molecule has 1 unspecified atom stereocenters. The van der Waals surface area contributed by atoms with E-state index < -0.39 is 24.1 Å². The minimum atomic E-state index is -1.11. The Hall–Kier alpha value is -0.660. The van der Waals surface area contributed by atoms with Crippen LogP contribution in [0.5, 0.6) is 0 Å². The molecule has 6 nitrogen and oxygen atoms in total. The number of hydrogen-bond acceptors (Lipinski definition) is 6. The van der Waals surface area contributed by atoms with Crippen molar-refractivity contribution in [3.8, 4) is 0 Å². The van der Waals surface area contributed by atoms with Gasteiger partial charge in [0.1, 0.15) is 6.10 Å². The van der Waals surface area contributed by atoms with Crippen molar-refractivity contribution in [2.24, 2.45) is 11.8 Å². The van der Waals surface area contributed by atoms with Gasteiger partial charge in [-0.2, -0.15) is 0 Å². The van der Waals surface area contributed by atoms with E-state index in [2.05, 4.69) is 6.92 Å². The summed E-state index contributed by atoms with van der Waals surface area (Å²) in [5, 5.41) is 30.7. The van der Waals surface area contributed by atoms with Crippen LogP contribution in [0.4, 0.5) is 0 Å². The first-order valence-electron chi connectivity index (χ1n) is 9.59. The predicted molar refractivity (Wildman–Crippen MR) is 93.7 cm³/mol. The Labute approximate surface area is 183 Å². The van der Waals surface area contributed by atoms with E-state index in [0.29, 0.717) is 25.7 Å². The number of aliphatic carboxylic acids is 1. The van der Waals surface area contributed by atoms with E-state index in [4.69, 9.17) is 4.74 Å². The second kappa shape index (κ2) is 12.0. The van der Waals surface area contributed by atoms with Crippen LogP contribution in [0.1, 0.15) is 58.3 Å². The number of unbranched alkanes of at least 4 members (excludes halogenated alkanes) is 3. The first kappa shape index (κ1) is 24.4. The first-order chi connectivity index (χ1) is 12.4. The summed E-state index contributed by atoms with van der Waals surface area (Å²) in [5.74, 6) is -1.77. The van der Waals surface area contributed by atoms with E-state index >= 15 is 0 Å². The molecular formula is C20H29NaO6. The van der Waals surface area contributed by atoms with Gasteiger partial charge in [0.2, 0.25) is 5.78 Å². The Morgan fingerprint density at radius 1 is 1.37 bits per heavy atom. The van der Waals surface area contributed by atoms with Gasteiger partial charge in [-0.05, 0) is 31.8 Å². The molecule has 1 saturated heterocycles. The molecule has 2 N–H and O–H groups in total. The number of Topliss-reactive ketones (excluding diaryl/α,β-unsaturated/α-hetero) is 1. The van der Waals surface area contributed by atoms with Crippen LogP contribution in [0.2, 0.25) is 0 Å². The summed E-state index contributed by atoms with van der Waals surface area (Å²) in [6, 6.07) is 0. The number of carboxylic acids is 1. The summed E-state index contributed by atoms with van der Waals surface area (Å²) >= 11 is 0. The third-order valence-electron chi connectivity index (χ3n) is 5.13. The predicted octanol–water partition coefficient (Wildman–Crippen LogP) is -1.74. The van der Waals surface area contributed by atoms with Gasteiger partial charge >= 0.3 is 29.6 Å². The van der Waals surface area contributed by atoms with Crippen molar-refractivity contribution in [3.05, 3.63) is 24.0 Å². The molecule has 1 saturated carbocycles. The average molecular weight is 388 g/mol. The SMILES string of the molecule is CCCCC[C@H](O)/C=C/[C@H]1[C@H](O)CC2O/C(=C\CCCC(=O)[O-])C(=O)[C@@H]21.[Na+]. The number of allylic oxidation sites excluding steroid dienone is 2. The molecule has 0 aromatic carbocycles. The second-order valence-corrected chi connectivity index (χ2v) is 7.21. The fraction of sp³-hybridized carbons (Fsp3) is 0.700. The van der Waals surface area contributed by atoms with Crippen molar-refractivity contribution in [1.82, 2.24) is 0 Å². The summed E-state index contributed by atoms with van der Waals surface area (Å²) in [6.07, 6.45) is 8.45. The van der Waals surface area contributed by atoms with Gasteiger partial charge in [-0.15, -0.1) is 0 Å². The molecule has 146 valence electrons. The number of carboxylic acid groups (broad SMARTS) is 1. The first-order valence-corrected chi connectivity index (χ1v) is 9.59. The molecule has 0 bridgehead atoms. The molecule has 1 aliphatic heterocycles. The van der Waals surface area contributed by atoms with E-state index in [-0.39, 0.29) is 59.5 Å². The van der Waals surface area contributed by atoms with E-state index in [9.17, 15) is 24.9 Å². The molecule has 2 aliphatic rings. The zero-order chi connectivity index (χ0) is 19.1. The molecular weight excluding hydrogens is 359 g/mol. The molecule has 5 atom stereocenters. The molecule has 0 spiro atoms. The Kier molecular flexibility index (Phi) is 10.9. The topological polar surface area (TPSA) is 107 Å². The zero-order valence-electron chi connectivity index (χ0n) is 16.3. The molecule has 2 fully saturated rings. The van der Waals surface area contributed by atoms with Crippen molar-refractivity contribution < 1.29 is 59.2 Å². The summed E-state index contributed by atoms with van der Waals surface area (Å²) in [7, 11) is 0. The molecule has 2 rings (SSSR count). The second-order valence-electron chi connectivity index (χ2n) is 7.21. The molecule has 0 amide bonds. The van der Waals surface area contributed by atoms with Crippen LogP contribution in [0, 0.1) is 11.8 Å². The van der Waals surface area contributed by atoms with Gasteiger partial charge in [-0.1, -0.05) is 38.3 Å². The number of aliphatic hydroxyl groups is 2. The van der Waals surface area contributed by atoms with E-state index in [0.717, 1.165) is 19.3 Å². The van der Waals surface area contributed by atoms with Crippen molar-refractivity contribution in [2.45, 2.75) is 76.6 Å². The van der Waals surface area contributed by atoms with E-state index in [1.54, 1.807) is 18.2 Å². The van der Waals surface area contributed by atoms with E-state index in [1.807, 2.05) is 0 Å². The maximum absolute atomic E-state index is 12.6. The molecule has 1 aliphatic carbocycles. The fourth-order valence-electron chi connectivity index (χ4n) is 3.71. The van der Waals surface area contributed by atoms with Crippen molar-refractivity contribution in [3.63, 3.8) is 0 Å². The molecule has 0 aromatic rings. The van der Waals surface area contributed by atoms with Crippen LogP contribution in [0.3, 0.4) is 0 Å². The Morgan fingerprint density at radius 3 is 2.78 bits per heavy atom. The number of aliphatic hydroxyl groups excluding tert-OH is 2. The van der Waals surface area contributed by atoms with Gasteiger partial charge in [0.05, 0.1) is 18.1 Å². The monoisotopic (exact) mass is 388 g/mol. The standard InChI is InChI=1S/C20H30O6.Na/c1-2-3-4-7-13(21)10-11-14-15(22)12-17-19(14)20(25)16(26-17)8-5-6-9-18(23)24;/h8,10-11,13-15,17,19,21-22H,2-7,9,12H2,1H3,(H,23,24);/q;+1/p-1/b11-10+,16-8-;/t13-,14-,15+,17?,19+;/m0./s1. The number of carbonyl (C=O) groups excluding carboxylic acids is 2. The van der Waals surface area contributed by atoms with Gasteiger partial charge in [0.25, 0.3) is 0 Å². The van der Waals surface area contributed by atoms with Crippen molar-refractivity contribution >= 4 is 11.8 Å². The third kappa shape index (κ3) is 7.02. The van der Waals surface area contributed by atoms with Crippen LogP contribution in [0.25, 0.3) is 0 Å². The summed E-state index contributed by atoms with van der Waals surface area (Å²) in [4.78, 5) is 23.0. The fourth-order valence-corrected chi connectivity index (χ4v) is 3.71. The van der Waals surface area contributed by atoms with Gasteiger partial charge in [0, 0.05) is 18.3 Å². The number of carbonyl (C=O) groups is 2. The Morgan fingerprint density at radius 2 is 2.11 bits per heavy atom. The number of fused-ring (bicyclic) bond motifs is 1. The van der Waals surface area contributed by atoms with Crippen LogP contribution in [0.15, 0.2) is 24.0 Å². The van der Waals surface area contributed by atoms with Gasteiger partial charge in [-0.3, -0.25) is 4.79 Å². The van der Waals surface area contributed by atoms with Crippen LogP contribution >= 0.6 is 0 Å². The summed E-state index contributed by atoms with van der Waals surface area (Å²) in [6.45, 7) is 2.10. The minimum Gasteiger partial charge on any atom is -0.550 e. The molecule has 0 radical (unpaired) electrons. The number of rotatable bonds is 10. The Balaban J connectivity index is 0.00000364. The van der Waals surface area contributed by atoms with Crippen LogP contribution in [-0.2, 0) is 14.3 Å². The smallest absolute Gasteiger partial charge is 0.550 e. The summed E-state index contributed by atoms with van der Waals surface area (Å²) < 4.78 is 5.68. The normalized spacial score (nSPS) is 29.6. The minimum absolute atomic E-state index is 0. The molecule has 27 heavy (non-hydrogen) atoms. The van der Waals surface area contributed by atoms with Gasteiger partial charge in [0.15, 0.2) is 5.76 Å². The maximum Gasteiger partial charge on any atom is 1.00 e. The molecule has 0 aromatic heterocycles. The zero-order valence-corrected chi connectivity index (χ0v) is 18.3. The number of ether oxygens (including phenoxy) is 1. The average Bonchev–Trinajstić information content (AvgIpc) is 3.05. The van der Waals surface area contributed by atoms with Crippen LogP contribution < -0.4 is 34.7 Å². The molecule has 1 heterocycles. The quantitative estimate of drug-likeness (QED) is 0.199. The third-order valence-corrected chi connectivity index (χ3v) is 5.13. The van der Waals surface area contributed by atoms with Crippen molar-refractivity contribution in [1.29, 1.82) is 0 Å².